The lowest BCUT2D eigenvalue weighted by atomic mass is 10.2. The molecule has 1 aliphatic rings. The van der Waals surface area contributed by atoms with E-state index in [2.05, 4.69) is 0 Å². The van der Waals surface area contributed by atoms with Gasteiger partial charge < -0.3 is 9.47 Å². The van der Waals surface area contributed by atoms with Gasteiger partial charge in [-0.25, -0.2) is 0 Å². The molecule has 0 radical (unpaired) electrons. The van der Waals surface area contributed by atoms with Crippen LogP contribution in [0.25, 0.3) is 0 Å². The summed E-state index contributed by atoms with van der Waals surface area (Å²) in [6, 6.07) is 5.20. The van der Waals surface area contributed by atoms with Crippen LogP contribution in [0.3, 0.4) is 0 Å². The van der Waals surface area contributed by atoms with Crippen molar-refractivity contribution in [1.82, 2.24) is 0 Å². The van der Waals surface area contributed by atoms with Gasteiger partial charge in [-0.15, -0.1) is 0 Å². The Hall–Kier alpha value is -1.51. The minimum Gasteiger partial charge on any atom is -0.486 e. The Balaban J connectivity index is 2.29. The second-order valence-electron chi connectivity index (χ2n) is 3.28. The van der Waals surface area contributed by atoms with Crippen molar-refractivity contribution >= 4 is 6.29 Å². The van der Waals surface area contributed by atoms with Crippen LogP contribution in [0.4, 0.5) is 0 Å². The van der Waals surface area contributed by atoms with Crippen molar-refractivity contribution in [3.05, 3.63) is 23.8 Å². The van der Waals surface area contributed by atoms with Crippen molar-refractivity contribution in [3.63, 3.8) is 0 Å². The first-order chi connectivity index (χ1) is 6.83. The van der Waals surface area contributed by atoms with Crippen LogP contribution in [0, 0.1) is 0 Å². The number of hydrogen-bond donors (Lipinski definition) is 0. The first kappa shape index (κ1) is 9.06. The first-order valence-electron chi connectivity index (χ1n) is 4.72. The lowest BCUT2D eigenvalue weighted by Crippen LogP contribution is -2.28. The summed E-state index contributed by atoms with van der Waals surface area (Å²) in [6.45, 7) is 2.63. The van der Waals surface area contributed by atoms with Gasteiger partial charge in [0.2, 0.25) is 0 Å². The molecule has 3 heteroatoms. The van der Waals surface area contributed by atoms with E-state index >= 15 is 0 Å². The number of fused-ring (bicyclic) bond motifs is 1. The van der Waals surface area contributed by atoms with Gasteiger partial charge >= 0.3 is 0 Å². The first-order valence-corrected chi connectivity index (χ1v) is 4.72. The molecule has 74 valence electrons. The van der Waals surface area contributed by atoms with E-state index in [1.165, 1.54) is 0 Å². The van der Waals surface area contributed by atoms with Crippen molar-refractivity contribution in [2.75, 3.05) is 6.61 Å². The summed E-state index contributed by atoms with van der Waals surface area (Å²) in [5.74, 6) is 1.40. The Morgan fingerprint density at radius 1 is 1.50 bits per heavy atom. The van der Waals surface area contributed by atoms with Gasteiger partial charge in [0.05, 0.1) is 0 Å². The van der Waals surface area contributed by atoms with E-state index in [4.69, 9.17) is 9.47 Å². The highest BCUT2D eigenvalue weighted by Crippen LogP contribution is 2.32. The molecule has 0 unspecified atom stereocenters. The SMILES string of the molecule is CC[C@H]1COc2ccc(C=O)cc2O1. The van der Waals surface area contributed by atoms with Gasteiger partial charge in [-0.3, -0.25) is 4.79 Å². The second kappa shape index (κ2) is 3.70. The van der Waals surface area contributed by atoms with E-state index in [-0.39, 0.29) is 6.10 Å². The number of carbonyl (C=O) groups is 1. The van der Waals surface area contributed by atoms with Crippen LogP contribution in [0.1, 0.15) is 23.7 Å². The molecule has 3 nitrogen and oxygen atoms in total. The number of ether oxygens (including phenoxy) is 2. The van der Waals surface area contributed by atoms with E-state index in [9.17, 15) is 4.79 Å². The van der Waals surface area contributed by atoms with Crippen LogP contribution in [-0.2, 0) is 0 Å². The fraction of sp³-hybridized carbons (Fsp3) is 0.364. The molecule has 1 atom stereocenters. The zero-order valence-electron chi connectivity index (χ0n) is 8.03. The molecule has 0 aromatic heterocycles. The zero-order valence-corrected chi connectivity index (χ0v) is 8.03. The lowest BCUT2D eigenvalue weighted by molar-refractivity contribution is 0.0881. The molecular weight excluding hydrogens is 180 g/mol. The van der Waals surface area contributed by atoms with E-state index in [1.807, 2.05) is 6.92 Å². The van der Waals surface area contributed by atoms with Gasteiger partial charge in [0.15, 0.2) is 11.5 Å². The van der Waals surface area contributed by atoms with Crippen LogP contribution in [0.2, 0.25) is 0 Å². The monoisotopic (exact) mass is 192 g/mol. The molecule has 0 fully saturated rings. The van der Waals surface area contributed by atoms with Crippen molar-refractivity contribution in [3.8, 4) is 11.5 Å². The molecule has 1 heterocycles. The summed E-state index contributed by atoms with van der Waals surface area (Å²) in [5.41, 5.74) is 0.615. The van der Waals surface area contributed by atoms with Crippen molar-refractivity contribution in [2.45, 2.75) is 19.4 Å². The Labute approximate surface area is 82.6 Å². The van der Waals surface area contributed by atoms with E-state index in [1.54, 1.807) is 18.2 Å². The summed E-state index contributed by atoms with van der Waals surface area (Å²) < 4.78 is 11.1. The van der Waals surface area contributed by atoms with Crippen LogP contribution in [0.15, 0.2) is 18.2 Å². The molecule has 0 saturated carbocycles. The van der Waals surface area contributed by atoms with Crippen molar-refractivity contribution in [1.29, 1.82) is 0 Å². The third-order valence-corrected chi connectivity index (χ3v) is 2.28. The average Bonchev–Trinajstić information content (AvgIpc) is 2.27. The summed E-state index contributed by atoms with van der Waals surface area (Å²) in [5, 5.41) is 0. The van der Waals surface area contributed by atoms with Crippen LogP contribution >= 0.6 is 0 Å². The molecular formula is C11H12O3. The quantitative estimate of drug-likeness (QED) is 0.673. The van der Waals surface area contributed by atoms with E-state index in [0.29, 0.717) is 17.9 Å². The Morgan fingerprint density at radius 3 is 3.07 bits per heavy atom. The zero-order chi connectivity index (χ0) is 9.97. The molecule has 1 aromatic rings. The second-order valence-corrected chi connectivity index (χ2v) is 3.28. The molecule has 0 aliphatic carbocycles. The van der Waals surface area contributed by atoms with Crippen LogP contribution in [-0.4, -0.2) is 19.0 Å². The van der Waals surface area contributed by atoms with Crippen molar-refractivity contribution in [2.24, 2.45) is 0 Å². The molecule has 2 rings (SSSR count). The lowest BCUT2D eigenvalue weighted by Gasteiger charge is -2.25. The summed E-state index contributed by atoms with van der Waals surface area (Å²) in [7, 11) is 0. The summed E-state index contributed by atoms with van der Waals surface area (Å²) >= 11 is 0. The fourth-order valence-electron chi connectivity index (χ4n) is 1.41. The largest absolute Gasteiger partial charge is 0.486 e. The highest BCUT2D eigenvalue weighted by molar-refractivity contribution is 5.76. The maximum Gasteiger partial charge on any atom is 0.162 e. The smallest absolute Gasteiger partial charge is 0.162 e. The maximum atomic E-state index is 10.5. The van der Waals surface area contributed by atoms with Crippen molar-refractivity contribution < 1.29 is 14.3 Å². The molecule has 0 saturated heterocycles. The number of hydrogen-bond acceptors (Lipinski definition) is 3. The minimum atomic E-state index is 0.101. The molecule has 0 N–H and O–H groups in total. The van der Waals surface area contributed by atoms with Gasteiger partial charge in [0.25, 0.3) is 0 Å². The van der Waals surface area contributed by atoms with E-state index in [0.717, 1.165) is 18.5 Å². The Morgan fingerprint density at radius 2 is 2.36 bits per heavy atom. The predicted octanol–water partition coefficient (Wildman–Crippen LogP) is 2.05. The normalized spacial score (nSPS) is 19.1. The topological polar surface area (TPSA) is 35.5 Å². The van der Waals surface area contributed by atoms with Crippen LogP contribution in [0.5, 0.6) is 11.5 Å². The Bertz CT molecular complexity index is 346. The predicted molar refractivity (Wildman–Crippen MR) is 52.0 cm³/mol. The third kappa shape index (κ3) is 1.58. The summed E-state index contributed by atoms with van der Waals surface area (Å²) in [6.07, 6.45) is 1.81. The standard InChI is InChI=1S/C11H12O3/c1-2-9-7-13-10-4-3-8(6-12)5-11(10)14-9/h3-6,9H,2,7H2,1H3/t9-/m0/s1. The highest BCUT2D eigenvalue weighted by atomic mass is 16.6. The molecule has 0 bridgehead atoms. The van der Waals surface area contributed by atoms with E-state index < -0.39 is 0 Å². The third-order valence-electron chi connectivity index (χ3n) is 2.28. The van der Waals surface area contributed by atoms with Gasteiger partial charge in [-0.2, -0.15) is 0 Å². The number of aldehydes is 1. The molecule has 0 spiro atoms. The molecule has 1 aliphatic heterocycles. The molecule has 14 heavy (non-hydrogen) atoms. The molecule has 0 amide bonds. The average molecular weight is 192 g/mol. The molecule has 1 aromatic carbocycles. The summed E-state index contributed by atoms with van der Waals surface area (Å²) in [4.78, 5) is 10.5. The van der Waals surface area contributed by atoms with Gasteiger partial charge in [-0.05, 0) is 24.6 Å². The Kier molecular flexibility index (Phi) is 2.39. The minimum absolute atomic E-state index is 0.101. The number of benzene rings is 1. The van der Waals surface area contributed by atoms with Gasteiger partial charge in [-0.1, -0.05) is 6.92 Å². The van der Waals surface area contributed by atoms with Gasteiger partial charge in [0.1, 0.15) is 19.0 Å². The number of rotatable bonds is 2. The van der Waals surface area contributed by atoms with Crippen LogP contribution < -0.4 is 9.47 Å². The number of carbonyl (C=O) groups excluding carboxylic acids is 1. The fourth-order valence-corrected chi connectivity index (χ4v) is 1.41. The maximum absolute atomic E-state index is 10.5. The van der Waals surface area contributed by atoms with Gasteiger partial charge in [0, 0.05) is 5.56 Å². The highest BCUT2D eigenvalue weighted by Gasteiger charge is 2.19.